The number of nitrogens with zero attached hydrogens (tertiary/aromatic N) is 1. The molecular weight excluding hydrogens is 166 g/mol. The molecule has 0 aliphatic rings. The summed E-state index contributed by atoms with van der Waals surface area (Å²) in [6.45, 7) is 7.72. The fourth-order valence-corrected chi connectivity index (χ4v) is 0.955. The van der Waals surface area contributed by atoms with Gasteiger partial charge in [-0.1, -0.05) is 6.08 Å². The van der Waals surface area contributed by atoms with Crippen molar-refractivity contribution in [2.45, 2.75) is 13.8 Å². The van der Waals surface area contributed by atoms with E-state index in [1.165, 1.54) is 0 Å². The van der Waals surface area contributed by atoms with Crippen molar-refractivity contribution in [3.63, 3.8) is 0 Å². The number of amides is 1. The largest absolute Gasteiger partial charge is 0.347 e. The van der Waals surface area contributed by atoms with E-state index in [-0.39, 0.29) is 5.91 Å². The summed E-state index contributed by atoms with van der Waals surface area (Å²) in [4.78, 5) is 11.4. The molecule has 0 spiro atoms. The molecule has 0 saturated heterocycles. The van der Waals surface area contributed by atoms with Crippen molar-refractivity contribution >= 4 is 5.91 Å². The lowest BCUT2D eigenvalue weighted by Gasteiger charge is -1.98. The first-order valence-corrected chi connectivity index (χ1v) is 4.07. The van der Waals surface area contributed by atoms with Crippen LogP contribution in [0.3, 0.4) is 0 Å². The molecule has 2 N–H and O–H groups in total. The number of aromatic nitrogens is 2. The van der Waals surface area contributed by atoms with Gasteiger partial charge >= 0.3 is 0 Å². The zero-order valence-corrected chi connectivity index (χ0v) is 7.85. The molecule has 0 saturated carbocycles. The van der Waals surface area contributed by atoms with E-state index in [4.69, 9.17) is 0 Å². The zero-order valence-electron chi connectivity index (χ0n) is 7.85. The minimum absolute atomic E-state index is 0.165. The highest BCUT2D eigenvalue weighted by Gasteiger charge is 2.12. The van der Waals surface area contributed by atoms with Crippen LogP contribution in [0.5, 0.6) is 0 Å². The zero-order chi connectivity index (χ0) is 9.84. The number of rotatable bonds is 3. The quantitative estimate of drug-likeness (QED) is 0.678. The van der Waals surface area contributed by atoms with Crippen LogP contribution in [0.25, 0.3) is 0 Å². The minimum atomic E-state index is -0.165. The van der Waals surface area contributed by atoms with Crippen LogP contribution in [-0.4, -0.2) is 22.6 Å². The molecule has 0 bridgehead atoms. The first-order valence-electron chi connectivity index (χ1n) is 4.07. The van der Waals surface area contributed by atoms with Crippen molar-refractivity contribution in [2.75, 3.05) is 6.54 Å². The predicted molar refractivity (Wildman–Crippen MR) is 50.6 cm³/mol. The standard InChI is InChI=1S/C9H13N3O/c1-4-5-10-9(13)8-6(2)7(3)11-12-8/h4H,1,5H2,2-3H3,(H,10,13)(H,11,12). The molecule has 1 amide bonds. The SMILES string of the molecule is C=CCNC(=O)c1n[nH]c(C)c1C. The topological polar surface area (TPSA) is 57.8 Å². The highest BCUT2D eigenvalue weighted by atomic mass is 16.1. The minimum Gasteiger partial charge on any atom is -0.347 e. The Morgan fingerprint density at radius 3 is 2.85 bits per heavy atom. The molecule has 0 aliphatic heterocycles. The van der Waals surface area contributed by atoms with Gasteiger partial charge in [-0.05, 0) is 13.8 Å². The van der Waals surface area contributed by atoms with Crippen LogP contribution in [0.4, 0.5) is 0 Å². The van der Waals surface area contributed by atoms with Gasteiger partial charge in [-0.3, -0.25) is 9.89 Å². The summed E-state index contributed by atoms with van der Waals surface area (Å²) in [5.74, 6) is -0.165. The van der Waals surface area contributed by atoms with Crippen molar-refractivity contribution < 1.29 is 4.79 Å². The molecule has 0 unspecified atom stereocenters. The normalized spacial score (nSPS) is 9.69. The van der Waals surface area contributed by atoms with Gasteiger partial charge in [0.25, 0.3) is 5.91 Å². The van der Waals surface area contributed by atoms with E-state index in [9.17, 15) is 4.79 Å². The number of aromatic amines is 1. The lowest BCUT2D eigenvalue weighted by atomic mass is 10.2. The monoisotopic (exact) mass is 179 g/mol. The third kappa shape index (κ3) is 1.96. The van der Waals surface area contributed by atoms with Gasteiger partial charge in [0.15, 0.2) is 5.69 Å². The Morgan fingerprint density at radius 1 is 1.69 bits per heavy atom. The van der Waals surface area contributed by atoms with Gasteiger partial charge in [-0.2, -0.15) is 5.10 Å². The average Bonchev–Trinajstić information content (AvgIpc) is 2.44. The lowest BCUT2D eigenvalue weighted by molar-refractivity contribution is 0.0952. The summed E-state index contributed by atoms with van der Waals surface area (Å²) in [5.41, 5.74) is 2.27. The molecule has 1 aromatic heterocycles. The Morgan fingerprint density at radius 2 is 2.38 bits per heavy atom. The van der Waals surface area contributed by atoms with Gasteiger partial charge in [-0.15, -0.1) is 6.58 Å². The van der Waals surface area contributed by atoms with Crippen LogP contribution in [-0.2, 0) is 0 Å². The van der Waals surface area contributed by atoms with E-state index in [0.29, 0.717) is 12.2 Å². The summed E-state index contributed by atoms with van der Waals surface area (Å²) in [6, 6.07) is 0. The molecule has 4 heteroatoms. The second-order valence-corrected chi connectivity index (χ2v) is 2.82. The number of nitrogens with one attached hydrogen (secondary N) is 2. The van der Waals surface area contributed by atoms with Gasteiger partial charge in [0.2, 0.25) is 0 Å². The third-order valence-corrected chi connectivity index (χ3v) is 1.88. The van der Waals surface area contributed by atoms with Crippen LogP contribution >= 0.6 is 0 Å². The summed E-state index contributed by atoms with van der Waals surface area (Å²) < 4.78 is 0. The first-order chi connectivity index (χ1) is 6.16. The van der Waals surface area contributed by atoms with Gasteiger partial charge in [0.05, 0.1) is 0 Å². The second-order valence-electron chi connectivity index (χ2n) is 2.82. The average molecular weight is 179 g/mol. The number of carbonyl (C=O) groups is 1. The van der Waals surface area contributed by atoms with Crippen molar-refractivity contribution in [3.05, 3.63) is 29.6 Å². The highest BCUT2D eigenvalue weighted by molar-refractivity contribution is 5.93. The third-order valence-electron chi connectivity index (χ3n) is 1.88. The Bertz CT molecular complexity index is 328. The Balaban J connectivity index is 2.77. The lowest BCUT2D eigenvalue weighted by Crippen LogP contribution is -2.24. The highest BCUT2D eigenvalue weighted by Crippen LogP contribution is 2.07. The molecule has 70 valence electrons. The van der Waals surface area contributed by atoms with Gasteiger partial charge < -0.3 is 5.32 Å². The van der Waals surface area contributed by atoms with E-state index in [1.54, 1.807) is 6.08 Å². The predicted octanol–water partition coefficient (Wildman–Crippen LogP) is 0.942. The Hall–Kier alpha value is -1.58. The van der Waals surface area contributed by atoms with Gasteiger partial charge in [-0.25, -0.2) is 0 Å². The van der Waals surface area contributed by atoms with E-state index in [0.717, 1.165) is 11.3 Å². The molecule has 1 heterocycles. The number of H-pyrrole nitrogens is 1. The van der Waals surface area contributed by atoms with Crippen LogP contribution in [0.2, 0.25) is 0 Å². The fraction of sp³-hybridized carbons (Fsp3) is 0.333. The maximum absolute atomic E-state index is 11.4. The maximum atomic E-state index is 11.4. The molecule has 13 heavy (non-hydrogen) atoms. The van der Waals surface area contributed by atoms with E-state index < -0.39 is 0 Å². The van der Waals surface area contributed by atoms with Crippen LogP contribution < -0.4 is 5.32 Å². The fourth-order valence-electron chi connectivity index (χ4n) is 0.955. The van der Waals surface area contributed by atoms with Crippen molar-refractivity contribution in [1.29, 1.82) is 0 Å². The number of hydrogen-bond acceptors (Lipinski definition) is 2. The number of aryl methyl sites for hydroxylation is 1. The Kier molecular flexibility index (Phi) is 2.84. The Labute approximate surface area is 77.0 Å². The summed E-state index contributed by atoms with van der Waals surface area (Å²) in [6.07, 6.45) is 1.63. The van der Waals surface area contributed by atoms with Crippen LogP contribution in [0.1, 0.15) is 21.7 Å². The molecule has 0 fully saturated rings. The van der Waals surface area contributed by atoms with Crippen LogP contribution in [0.15, 0.2) is 12.7 Å². The molecule has 0 radical (unpaired) electrons. The molecule has 1 rings (SSSR count). The smallest absolute Gasteiger partial charge is 0.272 e. The van der Waals surface area contributed by atoms with Crippen molar-refractivity contribution in [2.24, 2.45) is 0 Å². The van der Waals surface area contributed by atoms with Gasteiger partial charge in [0, 0.05) is 17.8 Å². The van der Waals surface area contributed by atoms with Crippen molar-refractivity contribution in [3.8, 4) is 0 Å². The van der Waals surface area contributed by atoms with Gasteiger partial charge in [0.1, 0.15) is 0 Å². The molecule has 0 aromatic carbocycles. The molecular formula is C9H13N3O. The van der Waals surface area contributed by atoms with E-state index in [2.05, 4.69) is 22.1 Å². The second kappa shape index (κ2) is 3.89. The summed E-state index contributed by atoms with van der Waals surface area (Å²) in [7, 11) is 0. The summed E-state index contributed by atoms with van der Waals surface area (Å²) in [5, 5.41) is 9.32. The van der Waals surface area contributed by atoms with E-state index >= 15 is 0 Å². The molecule has 0 aliphatic carbocycles. The molecule has 0 atom stereocenters. The summed E-state index contributed by atoms with van der Waals surface area (Å²) >= 11 is 0. The number of carbonyl (C=O) groups excluding carboxylic acids is 1. The molecule has 1 aromatic rings. The van der Waals surface area contributed by atoms with Crippen LogP contribution in [0, 0.1) is 13.8 Å². The number of hydrogen-bond donors (Lipinski definition) is 2. The van der Waals surface area contributed by atoms with Crippen molar-refractivity contribution in [1.82, 2.24) is 15.5 Å². The van der Waals surface area contributed by atoms with E-state index in [1.807, 2.05) is 13.8 Å². The molecule has 4 nitrogen and oxygen atoms in total. The first kappa shape index (κ1) is 9.51. The maximum Gasteiger partial charge on any atom is 0.272 e.